The Morgan fingerprint density at radius 3 is 2.86 bits per heavy atom. The quantitative estimate of drug-likeness (QED) is 0.627. The molecule has 110 valence electrons. The average molecular weight is 290 g/mol. The summed E-state index contributed by atoms with van der Waals surface area (Å²) < 4.78 is 1.27. The number of carbonyl (C=O) groups is 1. The first-order chi connectivity index (χ1) is 9.99. The summed E-state index contributed by atoms with van der Waals surface area (Å²) >= 11 is 0. The zero-order valence-electron chi connectivity index (χ0n) is 11.3. The number of hydrogen-bond acceptors (Lipinski definition) is 5. The van der Waals surface area contributed by atoms with Gasteiger partial charge >= 0.3 is 0 Å². The van der Waals surface area contributed by atoms with Gasteiger partial charge in [-0.1, -0.05) is 12.1 Å². The largest absolute Gasteiger partial charge is 0.392 e. The summed E-state index contributed by atoms with van der Waals surface area (Å²) in [5.41, 5.74) is 0.294. The van der Waals surface area contributed by atoms with E-state index < -0.39 is 16.9 Å². The van der Waals surface area contributed by atoms with E-state index >= 15 is 0 Å². The van der Waals surface area contributed by atoms with Crippen molar-refractivity contribution in [3.05, 3.63) is 52.3 Å². The summed E-state index contributed by atoms with van der Waals surface area (Å²) in [7, 11) is 0. The van der Waals surface area contributed by atoms with Crippen molar-refractivity contribution in [3.8, 4) is 5.69 Å². The monoisotopic (exact) mass is 290 g/mol. The van der Waals surface area contributed by atoms with Crippen molar-refractivity contribution in [3.63, 3.8) is 0 Å². The Morgan fingerprint density at radius 1 is 1.48 bits per heavy atom. The topological polar surface area (TPSA) is 110 Å². The minimum Gasteiger partial charge on any atom is -0.392 e. The van der Waals surface area contributed by atoms with E-state index in [1.165, 1.54) is 23.0 Å². The molecule has 0 fully saturated rings. The summed E-state index contributed by atoms with van der Waals surface area (Å²) in [4.78, 5) is 22.2. The maximum absolute atomic E-state index is 11.8. The third kappa shape index (κ3) is 3.42. The molecule has 0 bridgehead atoms. The van der Waals surface area contributed by atoms with Crippen molar-refractivity contribution in [1.29, 1.82) is 0 Å². The summed E-state index contributed by atoms with van der Waals surface area (Å²) in [6.07, 6.45) is 0.811. The van der Waals surface area contributed by atoms with Crippen LogP contribution in [0.2, 0.25) is 0 Å². The van der Waals surface area contributed by atoms with E-state index in [2.05, 4.69) is 10.4 Å². The third-order valence-corrected chi connectivity index (χ3v) is 2.70. The van der Waals surface area contributed by atoms with Crippen LogP contribution in [0.15, 0.2) is 36.5 Å². The highest BCUT2D eigenvalue weighted by atomic mass is 16.6. The van der Waals surface area contributed by atoms with Crippen LogP contribution in [0.1, 0.15) is 17.4 Å². The molecule has 0 saturated heterocycles. The zero-order chi connectivity index (χ0) is 15.4. The number of nitro benzene ring substituents is 1. The van der Waals surface area contributed by atoms with Gasteiger partial charge in [0.05, 0.1) is 11.0 Å². The van der Waals surface area contributed by atoms with Crippen LogP contribution < -0.4 is 5.32 Å². The number of rotatable bonds is 5. The molecule has 2 rings (SSSR count). The Morgan fingerprint density at radius 2 is 2.19 bits per heavy atom. The van der Waals surface area contributed by atoms with E-state index in [4.69, 9.17) is 5.11 Å². The van der Waals surface area contributed by atoms with Crippen molar-refractivity contribution < 1.29 is 14.8 Å². The fraction of sp³-hybridized carbons (Fsp3) is 0.231. The van der Waals surface area contributed by atoms with Crippen LogP contribution in [0.25, 0.3) is 5.69 Å². The van der Waals surface area contributed by atoms with Gasteiger partial charge in [-0.3, -0.25) is 14.9 Å². The van der Waals surface area contributed by atoms with Crippen molar-refractivity contribution in [1.82, 2.24) is 15.1 Å². The highest BCUT2D eigenvalue weighted by Crippen LogP contribution is 2.21. The molecule has 2 aromatic rings. The van der Waals surface area contributed by atoms with Gasteiger partial charge in [-0.05, 0) is 19.1 Å². The molecule has 8 nitrogen and oxygen atoms in total. The molecule has 1 heterocycles. The molecule has 0 spiro atoms. The Kier molecular flexibility index (Phi) is 4.29. The lowest BCUT2D eigenvalue weighted by Gasteiger charge is -2.05. The number of amides is 1. The zero-order valence-corrected chi connectivity index (χ0v) is 11.3. The summed E-state index contributed by atoms with van der Waals surface area (Å²) in [6, 6.07) is 7.57. The van der Waals surface area contributed by atoms with Crippen molar-refractivity contribution >= 4 is 11.6 Å². The van der Waals surface area contributed by atoms with Crippen molar-refractivity contribution in [2.24, 2.45) is 0 Å². The molecule has 0 aliphatic rings. The number of para-hydroxylation sites is 2. The Balaban J connectivity index is 2.24. The van der Waals surface area contributed by atoms with Gasteiger partial charge in [0.1, 0.15) is 5.69 Å². The summed E-state index contributed by atoms with van der Waals surface area (Å²) in [5.74, 6) is -0.451. The summed E-state index contributed by atoms with van der Waals surface area (Å²) in [6.45, 7) is 1.66. The first-order valence-electron chi connectivity index (χ1n) is 6.25. The second-order valence-electron chi connectivity index (χ2n) is 4.45. The van der Waals surface area contributed by atoms with Crippen LogP contribution in [0.4, 0.5) is 5.69 Å². The van der Waals surface area contributed by atoms with Crippen molar-refractivity contribution in [2.45, 2.75) is 13.0 Å². The Hall–Kier alpha value is -2.74. The van der Waals surface area contributed by atoms with Gasteiger partial charge in [0.15, 0.2) is 5.69 Å². The predicted octanol–water partition coefficient (Wildman–Crippen LogP) is 0.891. The normalized spacial score (nSPS) is 11.9. The van der Waals surface area contributed by atoms with E-state index in [1.54, 1.807) is 25.1 Å². The van der Waals surface area contributed by atoms with Crippen LogP contribution in [0.3, 0.4) is 0 Å². The molecule has 0 unspecified atom stereocenters. The fourth-order valence-corrected chi connectivity index (χ4v) is 1.72. The average Bonchev–Trinajstić information content (AvgIpc) is 2.94. The molecular formula is C13H14N4O4. The molecule has 0 radical (unpaired) electrons. The van der Waals surface area contributed by atoms with Gasteiger partial charge in [0, 0.05) is 18.8 Å². The van der Waals surface area contributed by atoms with Gasteiger partial charge in [0.2, 0.25) is 0 Å². The number of carbonyl (C=O) groups excluding carboxylic acids is 1. The van der Waals surface area contributed by atoms with Gasteiger partial charge in [0.25, 0.3) is 11.6 Å². The molecule has 1 amide bonds. The molecule has 8 heteroatoms. The smallest absolute Gasteiger partial charge is 0.294 e. The lowest BCUT2D eigenvalue weighted by Crippen LogP contribution is -2.30. The predicted molar refractivity (Wildman–Crippen MR) is 74.2 cm³/mol. The number of nitrogens with one attached hydrogen (secondary N) is 1. The second-order valence-corrected chi connectivity index (χ2v) is 4.45. The summed E-state index contributed by atoms with van der Waals surface area (Å²) in [5, 5.41) is 26.6. The lowest BCUT2D eigenvalue weighted by atomic mass is 10.3. The first kappa shape index (κ1) is 14.7. The van der Waals surface area contributed by atoms with Gasteiger partial charge < -0.3 is 10.4 Å². The van der Waals surface area contributed by atoms with E-state index in [0.717, 1.165) is 0 Å². The lowest BCUT2D eigenvalue weighted by molar-refractivity contribution is -0.384. The molecule has 1 aromatic carbocycles. The SMILES string of the molecule is C[C@H](O)CNC(=O)c1ccn(-c2ccccc2[N+](=O)[O-])n1. The number of nitrogens with zero attached hydrogens (tertiary/aromatic N) is 3. The van der Waals surface area contributed by atoms with Gasteiger partial charge in [-0.25, -0.2) is 4.68 Å². The van der Waals surface area contributed by atoms with Gasteiger partial charge in [-0.2, -0.15) is 5.10 Å². The maximum Gasteiger partial charge on any atom is 0.294 e. The molecule has 0 aliphatic carbocycles. The molecule has 2 N–H and O–H groups in total. The van der Waals surface area contributed by atoms with Crippen LogP contribution >= 0.6 is 0 Å². The van der Waals surface area contributed by atoms with Crippen LogP contribution in [-0.4, -0.2) is 38.4 Å². The van der Waals surface area contributed by atoms with Crippen molar-refractivity contribution in [2.75, 3.05) is 6.54 Å². The molecule has 1 atom stereocenters. The third-order valence-electron chi connectivity index (χ3n) is 2.70. The second kappa shape index (κ2) is 6.14. The number of aromatic nitrogens is 2. The van der Waals surface area contributed by atoms with Crippen LogP contribution in [0, 0.1) is 10.1 Å². The molecule has 0 saturated carbocycles. The number of aliphatic hydroxyl groups excluding tert-OH is 1. The van der Waals surface area contributed by atoms with E-state index in [0.29, 0.717) is 0 Å². The molecule has 0 aliphatic heterocycles. The highest BCUT2D eigenvalue weighted by Gasteiger charge is 2.17. The number of nitro groups is 1. The van der Waals surface area contributed by atoms with Crippen LogP contribution in [0.5, 0.6) is 0 Å². The highest BCUT2D eigenvalue weighted by molar-refractivity contribution is 5.92. The fourth-order valence-electron chi connectivity index (χ4n) is 1.72. The first-order valence-corrected chi connectivity index (χ1v) is 6.25. The Labute approximate surface area is 120 Å². The number of hydrogen-bond donors (Lipinski definition) is 2. The molecule has 21 heavy (non-hydrogen) atoms. The van der Waals surface area contributed by atoms with E-state index in [-0.39, 0.29) is 23.6 Å². The minimum absolute atomic E-state index is 0.100. The minimum atomic E-state index is -0.661. The van der Waals surface area contributed by atoms with Crippen LogP contribution in [-0.2, 0) is 0 Å². The number of aliphatic hydroxyl groups is 1. The number of benzene rings is 1. The molecule has 1 aromatic heterocycles. The Bertz CT molecular complexity index is 666. The standard InChI is InChI=1S/C13H14N4O4/c1-9(18)8-14-13(19)10-6-7-16(15-10)11-4-2-3-5-12(11)17(20)21/h2-7,9,18H,8H2,1H3,(H,14,19)/t9-/m0/s1. The van der Waals surface area contributed by atoms with E-state index in [1.807, 2.05) is 0 Å². The molecular weight excluding hydrogens is 276 g/mol. The maximum atomic E-state index is 11.8. The van der Waals surface area contributed by atoms with Gasteiger partial charge in [-0.15, -0.1) is 0 Å². The van der Waals surface area contributed by atoms with E-state index in [9.17, 15) is 14.9 Å².